The summed E-state index contributed by atoms with van der Waals surface area (Å²) in [6.07, 6.45) is 9.61. The van der Waals surface area contributed by atoms with Crippen molar-refractivity contribution in [2.24, 2.45) is 11.8 Å². The van der Waals surface area contributed by atoms with Gasteiger partial charge in [-0.3, -0.25) is 0 Å². The molecule has 0 radical (unpaired) electrons. The van der Waals surface area contributed by atoms with Gasteiger partial charge in [0.05, 0.1) is 0 Å². The van der Waals surface area contributed by atoms with Crippen LogP contribution in [0.3, 0.4) is 0 Å². The summed E-state index contributed by atoms with van der Waals surface area (Å²) in [5, 5.41) is 0. The second kappa shape index (κ2) is 9.75. The SMILES string of the molecule is CCCc1ccc(-c2ccc(C#CC3CCC(CCC)CC3)cc2)cc1F. The average Bonchev–Trinajstić information content (AvgIpc) is 2.70. The van der Waals surface area contributed by atoms with Crippen molar-refractivity contribution in [3.63, 3.8) is 0 Å². The predicted molar refractivity (Wildman–Crippen MR) is 113 cm³/mol. The molecule has 0 heterocycles. The van der Waals surface area contributed by atoms with Crippen LogP contribution in [0.5, 0.6) is 0 Å². The summed E-state index contributed by atoms with van der Waals surface area (Å²) < 4.78 is 14.2. The number of aryl methyl sites for hydroxylation is 1. The van der Waals surface area contributed by atoms with Gasteiger partial charge in [-0.2, -0.15) is 0 Å². The Morgan fingerprint density at radius 2 is 1.59 bits per heavy atom. The van der Waals surface area contributed by atoms with Gasteiger partial charge in [0.1, 0.15) is 5.82 Å². The minimum atomic E-state index is -0.100. The van der Waals surface area contributed by atoms with Crippen molar-refractivity contribution in [3.05, 3.63) is 59.4 Å². The van der Waals surface area contributed by atoms with Crippen LogP contribution in [0.25, 0.3) is 11.1 Å². The Labute approximate surface area is 164 Å². The first-order valence-electron chi connectivity index (χ1n) is 10.6. The maximum absolute atomic E-state index is 14.2. The van der Waals surface area contributed by atoms with E-state index in [-0.39, 0.29) is 5.82 Å². The lowest BCUT2D eigenvalue weighted by atomic mass is 9.80. The Hall–Kier alpha value is -2.07. The Kier molecular flexibility index (Phi) is 7.11. The predicted octanol–water partition coefficient (Wildman–Crippen LogP) is 7.40. The summed E-state index contributed by atoms with van der Waals surface area (Å²) in [6.45, 7) is 4.35. The van der Waals surface area contributed by atoms with Gasteiger partial charge in [0, 0.05) is 11.5 Å². The summed E-state index contributed by atoms with van der Waals surface area (Å²) in [4.78, 5) is 0. The number of hydrogen-bond acceptors (Lipinski definition) is 0. The molecule has 0 aromatic heterocycles. The fraction of sp³-hybridized carbons (Fsp3) is 0.462. The molecule has 142 valence electrons. The maximum Gasteiger partial charge on any atom is 0.127 e. The Bertz CT molecular complexity index is 783. The average molecular weight is 363 g/mol. The van der Waals surface area contributed by atoms with Crippen molar-refractivity contribution in [2.45, 2.75) is 65.2 Å². The summed E-state index contributed by atoms with van der Waals surface area (Å²) in [5.41, 5.74) is 3.83. The Balaban J connectivity index is 1.62. The van der Waals surface area contributed by atoms with Gasteiger partial charge in [0.15, 0.2) is 0 Å². The van der Waals surface area contributed by atoms with E-state index in [2.05, 4.69) is 50.0 Å². The van der Waals surface area contributed by atoms with Crippen LogP contribution >= 0.6 is 0 Å². The first-order valence-corrected chi connectivity index (χ1v) is 10.6. The zero-order valence-corrected chi connectivity index (χ0v) is 16.7. The topological polar surface area (TPSA) is 0 Å². The maximum atomic E-state index is 14.2. The van der Waals surface area contributed by atoms with E-state index in [0.717, 1.165) is 41.0 Å². The lowest BCUT2D eigenvalue weighted by Gasteiger charge is -2.25. The van der Waals surface area contributed by atoms with Crippen LogP contribution in [0.15, 0.2) is 42.5 Å². The molecular formula is C26H31F. The highest BCUT2D eigenvalue weighted by atomic mass is 19.1. The Morgan fingerprint density at radius 1 is 0.889 bits per heavy atom. The summed E-state index contributed by atoms with van der Waals surface area (Å²) in [5.74, 6) is 8.21. The van der Waals surface area contributed by atoms with Crippen molar-refractivity contribution in [1.82, 2.24) is 0 Å². The van der Waals surface area contributed by atoms with Crippen molar-refractivity contribution in [3.8, 4) is 23.0 Å². The molecule has 0 unspecified atom stereocenters. The van der Waals surface area contributed by atoms with E-state index < -0.39 is 0 Å². The quantitative estimate of drug-likeness (QED) is 0.486. The van der Waals surface area contributed by atoms with Gasteiger partial charge < -0.3 is 0 Å². The minimum absolute atomic E-state index is 0.100. The third-order valence-corrected chi connectivity index (χ3v) is 5.75. The molecule has 0 atom stereocenters. The molecular weight excluding hydrogens is 331 g/mol. The number of halogens is 1. The third kappa shape index (κ3) is 5.46. The van der Waals surface area contributed by atoms with Crippen LogP contribution in [0, 0.1) is 29.5 Å². The first kappa shape index (κ1) is 19.7. The van der Waals surface area contributed by atoms with Gasteiger partial charge in [0.2, 0.25) is 0 Å². The third-order valence-electron chi connectivity index (χ3n) is 5.75. The highest BCUT2D eigenvalue weighted by Crippen LogP contribution is 2.31. The van der Waals surface area contributed by atoms with E-state index in [1.54, 1.807) is 6.07 Å². The normalized spacial score (nSPS) is 19.4. The van der Waals surface area contributed by atoms with E-state index in [0.29, 0.717) is 5.92 Å². The van der Waals surface area contributed by atoms with Gasteiger partial charge in [-0.05, 0) is 72.9 Å². The number of rotatable bonds is 5. The van der Waals surface area contributed by atoms with Crippen LogP contribution in [0.2, 0.25) is 0 Å². The Morgan fingerprint density at radius 3 is 2.22 bits per heavy atom. The molecule has 1 aliphatic rings. The van der Waals surface area contributed by atoms with Crippen molar-refractivity contribution >= 4 is 0 Å². The van der Waals surface area contributed by atoms with E-state index >= 15 is 0 Å². The molecule has 0 aliphatic heterocycles. The van der Waals surface area contributed by atoms with Gasteiger partial charge in [-0.15, -0.1) is 0 Å². The van der Waals surface area contributed by atoms with Crippen molar-refractivity contribution in [2.75, 3.05) is 0 Å². The molecule has 2 aromatic carbocycles. The van der Waals surface area contributed by atoms with E-state index in [9.17, 15) is 4.39 Å². The molecule has 0 saturated heterocycles. The van der Waals surface area contributed by atoms with Crippen LogP contribution < -0.4 is 0 Å². The first-order chi connectivity index (χ1) is 13.2. The van der Waals surface area contributed by atoms with Crippen LogP contribution in [0.4, 0.5) is 4.39 Å². The zero-order chi connectivity index (χ0) is 19.1. The molecule has 1 aliphatic carbocycles. The highest BCUT2D eigenvalue weighted by Gasteiger charge is 2.18. The fourth-order valence-electron chi connectivity index (χ4n) is 4.13. The lowest BCUT2D eigenvalue weighted by molar-refractivity contribution is 0.300. The largest absolute Gasteiger partial charge is 0.207 e. The van der Waals surface area contributed by atoms with Gasteiger partial charge in [0.25, 0.3) is 0 Å². The number of hydrogen-bond donors (Lipinski definition) is 0. The molecule has 1 heteroatoms. The highest BCUT2D eigenvalue weighted by molar-refractivity contribution is 5.65. The zero-order valence-electron chi connectivity index (χ0n) is 16.7. The van der Waals surface area contributed by atoms with Crippen LogP contribution in [-0.2, 0) is 6.42 Å². The van der Waals surface area contributed by atoms with Crippen LogP contribution in [0.1, 0.15) is 69.9 Å². The second-order valence-electron chi connectivity index (χ2n) is 7.91. The molecule has 0 spiro atoms. The van der Waals surface area contributed by atoms with Crippen LogP contribution in [-0.4, -0.2) is 0 Å². The molecule has 0 bridgehead atoms. The number of benzene rings is 2. The van der Waals surface area contributed by atoms with Gasteiger partial charge in [-0.25, -0.2) is 4.39 Å². The van der Waals surface area contributed by atoms with Gasteiger partial charge >= 0.3 is 0 Å². The summed E-state index contributed by atoms with van der Waals surface area (Å²) >= 11 is 0. The second-order valence-corrected chi connectivity index (χ2v) is 7.91. The minimum Gasteiger partial charge on any atom is -0.207 e. The molecule has 27 heavy (non-hydrogen) atoms. The fourth-order valence-corrected chi connectivity index (χ4v) is 4.13. The smallest absolute Gasteiger partial charge is 0.127 e. The molecule has 0 amide bonds. The standard InChI is InChI=1S/C26H31F/c1-3-5-20-7-9-21(10-8-20)11-12-22-13-15-23(16-14-22)25-18-17-24(6-4-2)26(27)19-25/h13-21H,3-10H2,1-2H3. The van der Waals surface area contributed by atoms with Crippen molar-refractivity contribution in [1.29, 1.82) is 0 Å². The lowest BCUT2D eigenvalue weighted by Crippen LogP contribution is -2.13. The monoisotopic (exact) mass is 362 g/mol. The molecule has 2 aromatic rings. The van der Waals surface area contributed by atoms with E-state index in [1.165, 1.54) is 38.5 Å². The molecule has 0 nitrogen and oxygen atoms in total. The van der Waals surface area contributed by atoms with E-state index in [4.69, 9.17) is 0 Å². The molecule has 1 fully saturated rings. The molecule has 0 N–H and O–H groups in total. The van der Waals surface area contributed by atoms with E-state index in [1.807, 2.05) is 12.1 Å². The molecule has 3 rings (SSSR count). The summed E-state index contributed by atoms with van der Waals surface area (Å²) in [7, 11) is 0. The van der Waals surface area contributed by atoms with Crippen molar-refractivity contribution < 1.29 is 4.39 Å². The molecule has 1 saturated carbocycles. The summed E-state index contributed by atoms with van der Waals surface area (Å²) in [6, 6.07) is 13.8. The van der Waals surface area contributed by atoms with Gasteiger partial charge in [-0.1, -0.05) is 69.2 Å².